The number of amides is 2. The number of hydrogen-bond donors (Lipinski definition) is 0. The fraction of sp³-hybridized carbons (Fsp3) is 0.379. The van der Waals surface area contributed by atoms with Gasteiger partial charge in [0, 0.05) is 44.4 Å². The molecule has 0 saturated carbocycles. The molecule has 9 nitrogen and oxygen atoms in total. The Morgan fingerprint density at radius 3 is 2.24 bits per heavy atom. The molecular weight excluding hydrogens is 486 g/mol. The van der Waals surface area contributed by atoms with Crippen molar-refractivity contribution in [3.05, 3.63) is 83.8 Å². The van der Waals surface area contributed by atoms with E-state index in [0.29, 0.717) is 62.2 Å². The first-order valence-electron chi connectivity index (χ1n) is 12.7. The molecule has 1 saturated heterocycles. The number of rotatable bonds is 12. The second-order valence-electron chi connectivity index (χ2n) is 9.10. The van der Waals surface area contributed by atoms with Crippen molar-refractivity contribution < 1.29 is 28.2 Å². The van der Waals surface area contributed by atoms with E-state index in [1.807, 2.05) is 36.4 Å². The zero-order chi connectivity index (χ0) is 26.7. The number of carbonyl (C=O) groups excluding carboxylic acids is 2. The molecule has 2 amide bonds. The minimum atomic E-state index is -0.263. The molecule has 1 aliphatic heterocycles. The van der Waals surface area contributed by atoms with Gasteiger partial charge in [0.2, 0.25) is 5.91 Å². The van der Waals surface area contributed by atoms with Crippen molar-refractivity contribution >= 4 is 11.8 Å². The summed E-state index contributed by atoms with van der Waals surface area (Å²) in [7, 11) is 3.08. The van der Waals surface area contributed by atoms with Gasteiger partial charge < -0.3 is 28.4 Å². The van der Waals surface area contributed by atoms with Crippen LogP contribution in [0.5, 0.6) is 11.5 Å². The standard InChI is InChI=1S/C29H35N3O6/c1-35-26-17-24(18-27(19-26)36-2)29(34)31(11-10-30-12-15-37-16-13-30)22-28(33)32(21-25-9-6-14-38-25)20-23-7-4-3-5-8-23/h3-9,14,17-19H,10-13,15-16,20-22H2,1-2H3. The zero-order valence-corrected chi connectivity index (χ0v) is 22.0. The summed E-state index contributed by atoms with van der Waals surface area (Å²) in [5.41, 5.74) is 1.40. The van der Waals surface area contributed by atoms with Crippen LogP contribution in [-0.4, -0.2) is 86.7 Å². The average molecular weight is 522 g/mol. The monoisotopic (exact) mass is 521 g/mol. The highest BCUT2D eigenvalue weighted by atomic mass is 16.5. The molecule has 0 aliphatic carbocycles. The normalized spacial score (nSPS) is 13.6. The predicted octanol–water partition coefficient (Wildman–Crippen LogP) is 3.30. The molecule has 9 heteroatoms. The summed E-state index contributed by atoms with van der Waals surface area (Å²) >= 11 is 0. The van der Waals surface area contributed by atoms with E-state index in [9.17, 15) is 9.59 Å². The van der Waals surface area contributed by atoms with Gasteiger partial charge in [-0.3, -0.25) is 14.5 Å². The molecule has 1 aliphatic rings. The third-order valence-corrected chi connectivity index (χ3v) is 6.50. The number of benzene rings is 2. The third kappa shape index (κ3) is 7.60. The van der Waals surface area contributed by atoms with Gasteiger partial charge in [0.1, 0.15) is 23.8 Å². The lowest BCUT2D eigenvalue weighted by Crippen LogP contribution is -2.47. The number of methoxy groups -OCH3 is 2. The second-order valence-corrected chi connectivity index (χ2v) is 9.10. The molecule has 38 heavy (non-hydrogen) atoms. The lowest BCUT2D eigenvalue weighted by atomic mass is 10.1. The highest BCUT2D eigenvalue weighted by molar-refractivity contribution is 5.97. The number of nitrogens with zero attached hydrogens (tertiary/aromatic N) is 3. The molecule has 202 valence electrons. The van der Waals surface area contributed by atoms with E-state index in [1.165, 1.54) is 0 Å². The average Bonchev–Trinajstić information content (AvgIpc) is 3.48. The van der Waals surface area contributed by atoms with Crippen molar-refractivity contribution in [1.82, 2.24) is 14.7 Å². The number of morpholine rings is 1. The Kier molecular flexibility index (Phi) is 9.77. The molecule has 0 atom stereocenters. The van der Waals surface area contributed by atoms with Gasteiger partial charge in [-0.1, -0.05) is 30.3 Å². The van der Waals surface area contributed by atoms with Crippen LogP contribution in [0.4, 0.5) is 0 Å². The van der Waals surface area contributed by atoms with Crippen molar-refractivity contribution in [3.8, 4) is 11.5 Å². The minimum absolute atomic E-state index is 0.0732. The number of furan rings is 1. The van der Waals surface area contributed by atoms with Crippen LogP contribution in [0.25, 0.3) is 0 Å². The Morgan fingerprint density at radius 2 is 1.61 bits per heavy atom. The highest BCUT2D eigenvalue weighted by Crippen LogP contribution is 2.24. The van der Waals surface area contributed by atoms with Crippen LogP contribution in [-0.2, 0) is 22.6 Å². The van der Waals surface area contributed by atoms with E-state index in [1.54, 1.807) is 54.5 Å². The predicted molar refractivity (Wildman–Crippen MR) is 142 cm³/mol. The Morgan fingerprint density at radius 1 is 0.895 bits per heavy atom. The van der Waals surface area contributed by atoms with Crippen LogP contribution in [0.1, 0.15) is 21.7 Å². The SMILES string of the molecule is COc1cc(OC)cc(C(=O)N(CCN2CCOCC2)CC(=O)N(Cc2ccccc2)Cc2ccco2)c1. The summed E-state index contributed by atoms with van der Waals surface area (Å²) < 4.78 is 21.7. The van der Waals surface area contributed by atoms with Gasteiger partial charge in [-0.25, -0.2) is 0 Å². The first kappa shape index (κ1) is 27.2. The lowest BCUT2D eigenvalue weighted by Gasteiger charge is -2.31. The van der Waals surface area contributed by atoms with Gasteiger partial charge >= 0.3 is 0 Å². The van der Waals surface area contributed by atoms with E-state index >= 15 is 0 Å². The van der Waals surface area contributed by atoms with Gasteiger partial charge in [0.05, 0.1) is 40.2 Å². The summed E-state index contributed by atoms with van der Waals surface area (Å²) in [6.45, 7) is 4.57. The molecule has 1 aromatic heterocycles. The Bertz CT molecular complexity index is 1140. The fourth-order valence-corrected chi connectivity index (χ4v) is 4.34. The summed E-state index contributed by atoms with van der Waals surface area (Å²) in [6.07, 6.45) is 1.59. The number of ether oxygens (including phenoxy) is 3. The molecule has 0 spiro atoms. The van der Waals surface area contributed by atoms with E-state index in [-0.39, 0.29) is 18.4 Å². The van der Waals surface area contributed by atoms with Gasteiger partial charge in [-0.2, -0.15) is 0 Å². The number of hydrogen-bond acceptors (Lipinski definition) is 7. The summed E-state index contributed by atoms with van der Waals surface area (Å²) in [5, 5.41) is 0. The molecule has 0 radical (unpaired) electrons. The molecule has 0 bridgehead atoms. The first-order chi connectivity index (χ1) is 18.6. The smallest absolute Gasteiger partial charge is 0.254 e. The zero-order valence-electron chi connectivity index (χ0n) is 22.0. The quantitative estimate of drug-likeness (QED) is 0.362. The largest absolute Gasteiger partial charge is 0.497 e. The molecule has 2 heterocycles. The maximum atomic E-state index is 13.8. The van der Waals surface area contributed by atoms with Gasteiger partial charge in [-0.05, 0) is 29.8 Å². The van der Waals surface area contributed by atoms with Gasteiger partial charge in [0.15, 0.2) is 0 Å². The topological polar surface area (TPSA) is 84.7 Å². The maximum Gasteiger partial charge on any atom is 0.254 e. The van der Waals surface area contributed by atoms with Crippen LogP contribution in [0.3, 0.4) is 0 Å². The van der Waals surface area contributed by atoms with E-state index in [0.717, 1.165) is 18.7 Å². The summed E-state index contributed by atoms with van der Waals surface area (Å²) in [4.78, 5) is 33.1. The van der Waals surface area contributed by atoms with Crippen LogP contribution >= 0.6 is 0 Å². The van der Waals surface area contributed by atoms with Crippen LogP contribution in [0, 0.1) is 0 Å². The fourth-order valence-electron chi connectivity index (χ4n) is 4.34. The Balaban J connectivity index is 1.56. The molecular formula is C29H35N3O6. The van der Waals surface area contributed by atoms with Crippen molar-refractivity contribution in [2.45, 2.75) is 13.1 Å². The molecule has 1 fully saturated rings. The number of carbonyl (C=O) groups is 2. The molecule has 4 rings (SSSR count). The van der Waals surface area contributed by atoms with Crippen molar-refractivity contribution in [2.24, 2.45) is 0 Å². The van der Waals surface area contributed by atoms with E-state index in [4.69, 9.17) is 18.6 Å². The molecule has 0 N–H and O–H groups in total. The van der Waals surface area contributed by atoms with Crippen LogP contribution in [0.15, 0.2) is 71.3 Å². The van der Waals surface area contributed by atoms with Crippen molar-refractivity contribution in [1.29, 1.82) is 0 Å². The molecule has 3 aromatic rings. The van der Waals surface area contributed by atoms with Crippen LogP contribution in [0.2, 0.25) is 0 Å². The van der Waals surface area contributed by atoms with Crippen molar-refractivity contribution in [2.75, 3.05) is 60.2 Å². The summed E-state index contributed by atoms with van der Waals surface area (Å²) in [5.74, 6) is 1.27. The Labute approximate surface area is 223 Å². The Hall–Kier alpha value is -3.82. The van der Waals surface area contributed by atoms with Gasteiger partial charge in [-0.15, -0.1) is 0 Å². The highest BCUT2D eigenvalue weighted by Gasteiger charge is 2.25. The molecule has 2 aromatic carbocycles. The molecule has 0 unspecified atom stereocenters. The van der Waals surface area contributed by atoms with E-state index < -0.39 is 0 Å². The third-order valence-electron chi connectivity index (χ3n) is 6.50. The van der Waals surface area contributed by atoms with Crippen molar-refractivity contribution in [3.63, 3.8) is 0 Å². The van der Waals surface area contributed by atoms with Gasteiger partial charge in [0.25, 0.3) is 5.91 Å². The van der Waals surface area contributed by atoms with E-state index in [2.05, 4.69) is 4.90 Å². The van der Waals surface area contributed by atoms with Crippen LogP contribution < -0.4 is 9.47 Å². The maximum absolute atomic E-state index is 13.8. The summed E-state index contributed by atoms with van der Waals surface area (Å²) in [6, 6.07) is 18.5. The second kappa shape index (κ2) is 13.6. The lowest BCUT2D eigenvalue weighted by molar-refractivity contribution is -0.133. The first-order valence-corrected chi connectivity index (χ1v) is 12.7. The minimum Gasteiger partial charge on any atom is -0.497 e.